The van der Waals surface area contributed by atoms with Crippen molar-refractivity contribution < 1.29 is 9.53 Å². The number of hydrogen-bond donors (Lipinski definition) is 0. The zero-order valence-electron chi connectivity index (χ0n) is 6.50. The first-order valence-corrected chi connectivity index (χ1v) is 4.16. The molecule has 0 unspecified atom stereocenters. The van der Waals surface area contributed by atoms with Gasteiger partial charge in [-0.3, -0.25) is 0 Å². The molecule has 0 aliphatic heterocycles. The van der Waals surface area contributed by atoms with Gasteiger partial charge in [-0.25, -0.2) is 4.79 Å². The minimum Gasteiger partial charge on any atom is -0.461 e. The highest BCUT2D eigenvalue weighted by Crippen LogP contribution is 2.00. The monoisotopic (exact) mass is 184 g/mol. The summed E-state index contributed by atoms with van der Waals surface area (Å²) in [6.07, 6.45) is 0. The van der Waals surface area contributed by atoms with Crippen LogP contribution in [0, 0.1) is 0 Å². The SMILES string of the molecule is O=C(OCCCl)c1ccccc1. The zero-order valence-corrected chi connectivity index (χ0v) is 7.25. The molecule has 0 spiro atoms. The summed E-state index contributed by atoms with van der Waals surface area (Å²) < 4.78 is 4.81. The number of esters is 1. The lowest BCUT2D eigenvalue weighted by Gasteiger charge is -2.00. The van der Waals surface area contributed by atoms with Crippen LogP contribution < -0.4 is 0 Å². The fourth-order valence-electron chi connectivity index (χ4n) is 0.789. The van der Waals surface area contributed by atoms with Gasteiger partial charge in [0.1, 0.15) is 6.61 Å². The van der Waals surface area contributed by atoms with Crippen LogP contribution in [-0.4, -0.2) is 18.5 Å². The summed E-state index contributed by atoms with van der Waals surface area (Å²) in [6, 6.07) is 8.83. The molecule has 1 aromatic rings. The number of rotatable bonds is 3. The standard InChI is InChI=1S/C9H9ClO2/c10-6-7-12-9(11)8-4-2-1-3-5-8/h1-5H,6-7H2. The maximum atomic E-state index is 11.1. The molecule has 0 N–H and O–H groups in total. The van der Waals surface area contributed by atoms with Gasteiger partial charge >= 0.3 is 5.97 Å². The molecule has 0 aromatic heterocycles. The Balaban J connectivity index is 2.54. The van der Waals surface area contributed by atoms with E-state index in [1.807, 2.05) is 6.07 Å². The van der Waals surface area contributed by atoms with Crippen LogP contribution in [0.5, 0.6) is 0 Å². The van der Waals surface area contributed by atoms with Crippen molar-refractivity contribution >= 4 is 17.6 Å². The van der Waals surface area contributed by atoms with E-state index in [9.17, 15) is 4.79 Å². The molecule has 0 amide bonds. The van der Waals surface area contributed by atoms with Gasteiger partial charge in [0.25, 0.3) is 0 Å². The first kappa shape index (κ1) is 9.07. The molecule has 0 bridgehead atoms. The lowest BCUT2D eigenvalue weighted by molar-refractivity contribution is 0.0529. The molecule has 3 heteroatoms. The molecule has 0 aliphatic rings. The minimum atomic E-state index is -0.323. The van der Waals surface area contributed by atoms with E-state index in [-0.39, 0.29) is 12.6 Å². The molecule has 0 aliphatic carbocycles. The summed E-state index contributed by atoms with van der Waals surface area (Å²) in [7, 11) is 0. The van der Waals surface area contributed by atoms with Crippen LogP contribution in [0.3, 0.4) is 0 Å². The molecule has 64 valence electrons. The van der Waals surface area contributed by atoms with Gasteiger partial charge in [-0.2, -0.15) is 0 Å². The Morgan fingerprint density at radius 2 is 2.00 bits per heavy atom. The van der Waals surface area contributed by atoms with Crippen LogP contribution in [-0.2, 0) is 4.74 Å². The molecule has 1 aromatic carbocycles. The van der Waals surface area contributed by atoms with Gasteiger partial charge in [-0.05, 0) is 12.1 Å². The highest BCUT2D eigenvalue weighted by molar-refractivity contribution is 6.18. The summed E-state index contributed by atoms with van der Waals surface area (Å²) >= 11 is 5.36. The van der Waals surface area contributed by atoms with E-state index in [1.165, 1.54) is 0 Å². The quantitative estimate of drug-likeness (QED) is 0.531. The third-order valence-corrected chi connectivity index (χ3v) is 1.47. The van der Waals surface area contributed by atoms with Crippen molar-refractivity contribution in [2.24, 2.45) is 0 Å². The number of ether oxygens (including phenoxy) is 1. The predicted octanol–water partition coefficient (Wildman–Crippen LogP) is 2.08. The Bertz CT molecular complexity index is 246. The maximum absolute atomic E-state index is 11.1. The molecule has 2 nitrogen and oxygen atoms in total. The maximum Gasteiger partial charge on any atom is 0.338 e. The van der Waals surface area contributed by atoms with Crippen LogP contribution >= 0.6 is 11.6 Å². The highest BCUT2D eigenvalue weighted by atomic mass is 35.5. The summed E-state index contributed by atoms with van der Waals surface area (Å²) in [5.74, 6) is 0.00900. The number of hydrogen-bond acceptors (Lipinski definition) is 2. The number of benzene rings is 1. The van der Waals surface area contributed by atoms with Crippen LogP contribution in [0.2, 0.25) is 0 Å². The molecule has 0 radical (unpaired) electrons. The average molecular weight is 185 g/mol. The van der Waals surface area contributed by atoms with Crippen molar-refractivity contribution in [3.63, 3.8) is 0 Å². The van der Waals surface area contributed by atoms with Crippen LogP contribution in [0.25, 0.3) is 0 Å². The number of alkyl halides is 1. The van der Waals surface area contributed by atoms with Gasteiger partial charge in [-0.1, -0.05) is 18.2 Å². The Kier molecular flexibility index (Phi) is 3.61. The van der Waals surface area contributed by atoms with Crippen molar-refractivity contribution in [3.05, 3.63) is 35.9 Å². The Labute approximate surface area is 76.1 Å². The van der Waals surface area contributed by atoms with Gasteiger partial charge in [0.15, 0.2) is 0 Å². The Morgan fingerprint density at radius 1 is 1.33 bits per heavy atom. The number of carbonyl (C=O) groups excluding carboxylic acids is 1. The lowest BCUT2D eigenvalue weighted by atomic mass is 10.2. The van der Waals surface area contributed by atoms with Gasteiger partial charge in [0.05, 0.1) is 11.4 Å². The summed E-state index contributed by atoms with van der Waals surface area (Å²) in [5, 5.41) is 0. The molecular formula is C9H9ClO2. The third kappa shape index (κ3) is 2.55. The van der Waals surface area contributed by atoms with E-state index >= 15 is 0 Å². The van der Waals surface area contributed by atoms with Gasteiger partial charge < -0.3 is 4.74 Å². The van der Waals surface area contributed by atoms with Crippen LogP contribution in [0.15, 0.2) is 30.3 Å². The first-order chi connectivity index (χ1) is 5.84. The molecule has 0 atom stereocenters. The van der Waals surface area contributed by atoms with E-state index in [1.54, 1.807) is 24.3 Å². The van der Waals surface area contributed by atoms with Crippen molar-refractivity contribution in [2.45, 2.75) is 0 Å². The molecule has 0 saturated heterocycles. The lowest BCUT2D eigenvalue weighted by Crippen LogP contribution is -2.06. The average Bonchev–Trinajstić information content (AvgIpc) is 2.15. The summed E-state index contributed by atoms with van der Waals surface area (Å²) in [5.41, 5.74) is 0.558. The molecular weight excluding hydrogens is 176 g/mol. The Morgan fingerprint density at radius 3 is 2.58 bits per heavy atom. The predicted molar refractivity (Wildman–Crippen MR) is 47.4 cm³/mol. The van der Waals surface area contributed by atoms with Crippen molar-refractivity contribution in [1.29, 1.82) is 0 Å². The van der Waals surface area contributed by atoms with E-state index in [0.717, 1.165) is 0 Å². The number of halogens is 1. The molecule has 0 heterocycles. The first-order valence-electron chi connectivity index (χ1n) is 3.62. The second-order valence-electron chi connectivity index (χ2n) is 2.19. The molecule has 1 rings (SSSR count). The topological polar surface area (TPSA) is 26.3 Å². The number of carbonyl (C=O) groups is 1. The Hall–Kier alpha value is -1.02. The van der Waals surface area contributed by atoms with Gasteiger partial charge in [0.2, 0.25) is 0 Å². The van der Waals surface area contributed by atoms with Gasteiger partial charge in [0, 0.05) is 0 Å². The molecule has 0 saturated carbocycles. The normalized spacial score (nSPS) is 9.42. The third-order valence-electron chi connectivity index (χ3n) is 1.32. The van der Waals surface area contributed by atoms with E-state index in [2.05, 4.69) is 0 Å². The largest absolute Gasteiger partial charge is 0.461 e. The van der Waals surface area contributed by atoms with Gasteiger partial charge in [-0.15, -0.1) is 11.6 Å². The minimum absolute atomic E-state index is 0.259. The van der Waals surface area contributed by atoms with Crippen molar-refractivity contribution in [2.75, 3.05) is 12.5 Å². The second-order valence-corrected chi connectivity index (χ2v) is 2.57. The van der Waals surface area contributed by atoms with Crippen molar-refractivity contribution in [3.8, 4) is 0 Å². The van der Waals surface area contributed by atoms with E-state index in [4.69, 9.17) is 16.3 Å². The zero-order chi connectivity index (χ0) is 8.81. The van der Waals surface area contributed by atoms with Crippen LogP contribution in [0.4, 0.5) is 0 Å². The fourth-order valence-corrected chi connectivity index (χ4v) is 0.866. The highest BCUT2D eigenvalue weighted by Gasteiger charge is 2.03. The van der Waals surface area contributed by atoms with Crippen molar-refractivity contribution in [1.82, 2.24) is 0 Å². The smallest absolute Gasteiger partial charge is 0.338 e. The van der Waals surface area contributed by atoms with E-state index in [0.29, 0.717) is 11.4 Å². The summed E-state index contributed by atoms with van der Waals surface area (Å²) in [4.78, 5) is 11.1. The molecule has 12 heavy (non-hydrogen) atoms. The van der Waals surface area contributed by atoms with E-state index < -0.39 is 0 Å². The van der Waals surface area contributed by atoms with Crippen LogP contribution in [0.1, 0.15) is 10.4 Å². The fraction of sp³-hybridized carbons (Fsp3) is 0.222. The molecule has 0 fully saturated rings. The second kappa shape index (κ2) is 4.78. The summed E-state index contributed by atoms with van der Waals surface area (Å²) in [6.45, 7) is 0.259.